The first-order valence-corrected chi connectivity index (χ1v) is 7.78. The molecule has 0 saturated heterocycles. The molecule has 1 aromatic heterocycles. The van der Waals surface area contributed by atoms with Crippen LogP contribution in [0.5, 0.6) is 5.75 Å². The molecular weight excluding hydrogens is 346 g/mol. The molecule has 2 aromatic rings. The Morgan fingerprint density at radius 2 is 2.05 bits per heavy atom. The lowest BCUT2D eigenvalue weighted by Gasteiger charge is -2.10. The van der Waals surface area contributed by atoms with Crippen LogP contribution in [0.4, 0.5) is 11.4 Å². The Bertz CT molecular complexity index is 717. The van der Waals surface area contributed by atoms with Crippen LogP contribution in [0.3, 0.4) is 0 Å². The fraction of sp³-hybridized carbons (Fsp3) is 0.0833. The second-order valence-corrected chi connectivity index (χ2v) is 6.37. The van der Waals surface area contributed by atoms with Gasteiger partial charge in [0.05, 0.1) is 29.6 Å². The van der Waals surface area contributed by atoms with Crippen LogP contribution in [-0.4, -0.2) is 20.5 Å². The number of rotatable bonds is 4. The summed E-state index contributed by atoms with van der Waals surface area (Å²) in [4.78, 5) is 4.01. The monoisotopic (exact) mass is 357 g/mol. The lowest BCUT2D eigenvalue weighted by Crippen LogP contribution is -2.13. The highest BCUT2D eigenvalue weighted by Crippen LogP contribution is 2.26. The number of benzene rings is 1. The van der Waals surface area contributed by atoms with Gasteiger partial charge in [0.15, 0.2) is 0 Å². The highest BCUT2D eigenvalue weighted by atomic mass is 79.9. The maximum Gasteiger partial charge on any atom is 0.262 e. The van der Waals surface area contributed by atoms with Crippen LogP contribution in [0.25, 0.3) is 0 Å². The van der Waals surface area contributed by atoms with E-state index in [0.717, 1.165) is 0 Å². The third-order valence-electron chi connectivity index (χ3n) is 2.49. The van der Waals surface area contributed by atoms with Crippen molar-refractivity contribution in [2.24, 2.45) is 0 Å². The zero-order chi connectivity index (χ0) is 14.8. The number of sulfonamides is 1. The number of aromatic nitrogens is 1. The van der Waals surface area contributed by atoms with Crippen molar-refractivity contribution >= 4 is 37.3 Å². The molecule has 0 spiro atoms. The molecule has 106 valence electrons. The molecule has 3 N–H and O–H groups in total. The molecule has 0 amide bonds. The van der Waals surface area contributed by atoms with Gasteiger partial charge >= 0.3 is 0 Å². The highest BCUT2D eigenvalue weighted by Gasteiger charge is 2.16. The summed E-state index contributed by atoms with van der Waals surface area (Å²) in [5, 5.41) is 0. The Kier molecular flexibility index (Phi) is 4.15. The first-order chi connectivity index (χ1) is 9.42. The molecule has 20 heavy (non-hydrogen) atoms. The molecule has 6 nitrogen and oxygen atoms in total. The first-order valence-electron chi connectivity index (χ1n) is 5.50. The predicted molar refractivity (Wildman–Crippen MR) is 80.2 cm³/mol. The van der Waals surface area contributed by atoms with E-state index >= 15 is 0 Å². The average Bonchev–Trinajstić information content (AvgIpc) is 2.41. The molecule has 0 atom stereocenters. The second-order valence-electron chi connectivity index (χ2n) is 3.88. The van der Waals surface area contributed by atoms with Gasteiger partial charge in [0.2, 0.25) is 0 Å². The number of pyridine rings is 1. The Hall–Kier alpha value is -1.80. The molecule has 0 fully saturated rings. The number of methoxy groups -OCH3 is 1. The number of halogens is 1. The van der Waals surface area contributed by atoms with Crippen molar-refractivity contribution < 1.29 is 13.2 Å². The van der Waals surface area contributed by atoms with Crippen LogP contribution in [-0.2, 0) is 10.0 Å². The van der Waals surface area contributed by atoms with Crippen molar-refractivity contribution in [3.05, 3.63) is 41.1 Å². The zero-order valence-electron chi connectivity index (χ0n) is 10.5. The van der Waals surface area contributed by atoms with Gasteiger partial charge in [0.1, 0.15) is 10.4 Å². The van der Waals surface area contributed by atoms with E-state index in [0.29, 0.717) is 21.7 Å². The summed E-state index contributed by atoms with van der Waals surface area (Å²) < 4.78 is 32.5. The molecule has 0 radical (unpaired) electrons. The lowest BCUT2D eigenvalue weighted by atomic mass is 10.3. The summed E-state index contributed by atoms with van der Waals surface area (Å²) in [6.45, 7) is 0. The molecule has 1 heterocycles. The quantitative estimate of drug-likeness (QED) is 0.646. The Balaban J connectivity index is 2.33. The van der Waals surface area contributed by atoms with Crippen LogP contribution in [0.2, 0.25) is 0 Å². The molecule has 8 heteroatoms. The number of ether oxygens (including phenoxy) is 1. The van der Waals surface area contributed by atoms with Gasteiger partial charge < -0.3 is 10.5 Å². The number of hydrogen-bond donors (Lipinski definition) is 2. The minimum absolute atomic E-state index is 0.0615. The van der Waals surface area contributed by atoms with Gasteiger partial charge in [-0.1, -0.05) is 0 Å². The van der Waals surface area contributed by atoms with Crippen molar-refractivity contribution in [2.75, 3.05) is 17.6 Å². The number of anilines is 2. The van der Waals surface area contributed by atoms with Gasteiger partial charge in [-0.2, -0.15) is 0 Å². The van der Waals surface area contributed by atoms with Gasteiger partial charge in [-0.3, -0.25) is 4.72 Å². The zero-order valence-corrected chi connectivity index (χ0v) is 12.9. The van der Waals surface area contributed by atoms with E-state index in [4.69, 9.17) is 10.5 Å². The molecule has 0 aliphatic rings. The number of nitrogens with zero attached hydrogens (tertiary/aromatic N) is 1. The average molecular weight is 358 g/mol. The van der Waals surface area contributed by atoms with Crippen molar-refractivity contribution in [2.45, 2.75) is 4.90 Å². The van der Waals surface area contributed by atoms with Crippen LogP contribution in [0, 0.1) is 0 Å². The number of nitrogen functional groups attached to an aromatic ring is 1. The topological polar surface area (TPSA) is 94.3 Å². The molecular formula is C12H12BrN3O3S. The van der Waals surface area contributed by atoms with E-state index in [9.17, 15) is 8.42 Å². The van der Waals surface area contributed by atoms with Gasteiger partial charge in [-0.15, -0.1) is 0 Å². The normalized spacial score (nSPS) is 11.1. The van der Waals surface area contributed by atoms with Gasteiger partial charge in [0.25, 0.3) is 10.0 Å². The van der Waals surface area contributed by atoms with Crippen molar-refractivity contribution in [3.8, 4) is 5.75 Å². The summed E-state index contributed by atoms with van der Waals surface area (Å²) in [5.74, 6) is 0.307. The Labute approximate surface area is 125 Å². The van der Waals surface area contributed by atoms with Gasteiger partial charge in [-0.05, 0) is 40.2 Å². The van der Waals surface area contributed by atoms with Crippen LogP contribution in [0.1, 0.15) is 0 Å². The predicted octanol–water partition coefficient (Wildman–Crippen LogP) is 2.24. The van der Waals surface area contributed by atoms with E-state index < -0.39 is 10.0 Å². The Morgan fingerprint density at radius 1 is 1.30 bits per heavy atom. The third-order valence-corrected chi connectivity index (χ3v) is 4.34. The molecule has 1 aromatic carbocycles. The summed E-state index contributed by atoms with van der Waals surface area (Å²) >= 11 is 3.18. The standard InChI is InChI=1S/C12H12BrN3O3S/c1-19-11-6-9(3-4-10(11)14)20(17,18)16-8-2-5-12(13)15-7-8/h2-7,16H,14H2,1H3. The summed E-state index contributed by atoms with van der Waals surface area (Å²) in [7, 11) is -2.29. The lowest BCUT2D eigenvalue weighted by molar-refractivity contribution is 0.415. The maximum atomic E-state index is 12.2. The fourth-order valence-electron chi connectivity index (χ4n) is 1.51. The largest absolute Gasteiger partial charge is 0.495 e. The highest BCUT2D eigenvalue weighted by molar-refractivity contribution is 9.10. The minimum Gasteiger partial charge on any atom is -0.495 e. The molecule has 0 aliphatic carbocycles. The molecule has 2 rings (SSSR count). The molecule has 0 aliphatic heterocycles. The van der Waals surface area contributed by atoms with E-state index in [1.807, 2.05) is 0 Å². The van der Waals surface area contributed by atoms with Crippen LogP contribution in [0.15, 0.2) is 46.0 Å². The van der Waals surface area contributed by atoms with E-state index in [1.54, 1.807) is 12.1 Å². The first kappa shape index (κ1) is 14.6. The molecule has 0 saturated carbocycles. The van der Waals surface area contributed by atoms with Crippen molar-refractivity contribution in [1.29, 1.82) is 0 Å². The summed E-state index contributed by atoms with van der Waals surface area (Å²) in [6.07, 6.45) is 1.41. The third kappa shape index (κ3) is 3.20. The van der Waals surface area contributed by atoms with E-state index in [-0.39, 0.29) is 4.90 Å². The van der Waals surface area contributed by atoms with E-state index in [1.165, 1.54) is 31.5 Å². The number of nitrogens with one attached hydrogen (secondary N) is 1. The number of nitrogens with two attached hydrogens (primary N) is 1. The minimum atomic E-state index is -3.72. The summed E-state index contributed by atoms with van der Waals surface area (Å²) in [6, 6.07) is 7.49. The second kappa shape index (κ2) is 5.68. The van der Waals surface area contributed by atoms with Crippen LogP contribution < -0.4 is 15.2 Å². The SMILES string of the molecule is COc1cc(S(=O)(=O)Nc2ccc(Br)nc2)ccc1N. The van der Waals surface area contributed by atoms with Crippen molar-refractivity contribution in [1.82, 2.24) is 4.98 Å². The smallest absolute Gasteiger partial charge is 0.262 e. The van der Waals surface area contributed by atoms with Gasteiger partial charge in [-0.25, -0.2) is 13.4 Å². The number of hydrogen-bond acceptors (Lipinski definition) is 5. The molecule has 0 unspecified atom stereocenters. The molecule has 0 bridgehead atoms. The van der Waals surface area contributed by atoms with Crippen LogP contribution >= 0.6 is 15.9 Å². The fourth-order valence-corrected chi connectivity index (χ4v) is 2.80. The maximum absolute atomic E-state index is 12.2. The van der Waals surface area contributed by atoms with E-state index in [2.05, 4.69) is 25.6 Å². The summed E-state index contributed by atoms with van der Waals surface area (Å²) in [5.41, 5.74) is 6.39. The van der Waals surface area contributed by atoms with Gasteiger partial charge in [0, 0.05) is 6.07 Å². The van der Waals surface area contributed by atoms with Crippen molar-refractivity contribution in [3.63, 3.8) is 0 Å². The Morgan fingerprint density at radius 3 is 2.65 bits per heavy atom.